The van der Waals surface area contributed by atoms with Crippen LogP contribution in [0.15, 0.2) is 12.2 Å². The first-order valence-electron chi connectivity index (χ1n) is 9.53. The van der Waals surface area contributed by atoms with E-state index in [4.69, 9.17) is 0 Å². The number of hydrogen-bond donors (Lipinski definition) is 4. The van der Waals surface area contributed by atoms with Gasteiger partial charge in [-0.3, -0.25) is 4.79 Å². The minimum absolute atomic E-state index is 0.0574. The number of Topliss-reactive ketones (excluding diaryl/α,β-unsaturated/α-hetero) is 1. The Hall–Kier alpha value is -0.750. The van der Waals surface area contributed by atoms with Crippen molar-refractivity contribution in [3.05, 3.63) is 12.2 Å². The Bertz CT molecular complexity index is 628. The van der Waals surface area contributed by atoms with Crippen LogP contribution in [0.2, 0.25) is 0 Å². The minimum atomic E-state index is -1.31. The number of fused-ring (bicyclic) bond motifs is 3. The summed E-state index contributed by atoms with van der Waals surface area (Å²) in [5, 5.41) is 43.3. The number of hydrogen-bond acceptors (Lipinski definition) is 5. The topological polar surface area (TPSA) is 98.0 Å². The summed E-state index contributed by atoms with van der Waals surface area (Å²) in [5.74, 6) is -1.36. The van der Waals surface area contributed by atoms with Gasteiger partial charge < -0.3 is 20.4 Å². The van der Waals surface area contributed by atoms with Crippen LogP contribution < -0.4 is 0 Å². The summed E-state index contributed by atoms with van der Waals surface area (Å²) in [6, 6.07) is 0. The van der Waals surface area contributed by atoms with Gasteiger partial charge in [0.2, 0.25) is 0 Å². The molecule has 0 aromatic heterocycles. The predicted octanol–water partition coefficient (Wildman–Crippen LogP) is 1.04. The standard InChI is InChI=1S/C20H30O5/c1-10-15-11(22)7-13-19(9-21)6-4-5-18(2,3)12(19)8-14(23)20(13,16(10)24)17(15)25/h11-15,17,21-23,25H,1,4-9H2,2-3H3/t11-,12+,13-,14+,15+,17+,19-,20-/m0/s1. The van der Waals surface area contributed by atoms with Crippen molar-refractivity contribution in [3.8, 4) is 0 Å². The summed E-state index contributed by atoms with van der Waals surface area (Å²) in [6.07, 6.45) is 0.520. The average molecular weight is 350 g/mol. The molecule has 5 heteroatoms. The normalized spacial score (nSPS) is 54.2. The summed E-state index contributed by atoms with van der Waals surface area (Å²) >= 11 is 0. The second-order valence-corrected chi connectivity index (χ2v) is 9.65. The Kier molecular flexibility index (Phi) is 3.64. The highest BCUT2D eigenvalue weighted by Crippen LogP contribution is 2.70. The molecule has 4 saturated carbocycles. The van der Waals surface area contributed by atoms with E-state index in [0.29, 0.717) is 12.8 Å². The Balaban J connectivity index is 1.93. The van der Waals surface area contributed by atoms with Crippen molar-refractivity contribution in [2.24, 2.45) is 34.0 Å². The third kappa shape index (κ3) is 1.81. The zero-order valence-corrected chi connectivity index (χ0v) is 15.1. The molecule has 4 fully saturated rings. The molecule has 4 rings (SSSR count). The molecule has 0 unspecified atom stereocenters. The fourth-order valence-corrected chi connectivity index (χ4v) is 7.42. The lowest BCUT2D eigenvalue weighted by Gasteiger charge is -2.66. The molecule has 4 aliphatic carbocycles. The maximum atomic E-state index is 13.2. The van der Waals surface area contributed by atoms with Crippen molar-refractivity contribution in [1.29, 1.82) is 0 Å². The fourth-order valence-electron chi connectivity index (χ4n) is 7.42. The second kappa shape index (κ2) is 5.16. The van der Waals surface area contributed by atoms with Gasteiger partial charge in [-0.2, -0.15) is 0 Å². The van der Waals surface area contributed by atoms with E-state index < -0.39 is 41.0 Å². The summed E-state index contributed by atoms with van der Waals surface area (Å²) in [4.78, 5) is 13.2. The van der Waals surface area contributed by atoms with E-state index in [-0.39, 0.29) is 29.3 Å². The van der Waals surface area contributed by atoms with Crippen LogP contribution in [0.4, 0.5) is 0 Å². The largest absolute Gasteiger partial charge is 0.396 e. The molecular formula is C20H30O5. The molecule has 140 valence electrons. The molecule has 0 radical (unpaired) electrons. The van der Waals surface area contributed by atoms with Gasteiger partial charge in [0, 0.05) is 17.9 Å². The number of aliphatic hydroxyl groups is 4. The summed E-state index contributed by atoms with van der Waals surface area (Å²) in [7, 11) is 0. The first kappa shape index (κ1) is 17.7. The molecule has 2 bridgehead atoms. The van der Waals surface area contributed by atoms with Gasteiger partial charge in [-0.25, -0.2) is 0 Å². The maximum absolute atomic E-state index is 13.2. The van der Waals surface area contributed by atoms with Crippen molar-refractivity contribution in [3.63, 3.8) is 0 Å². The highest BCUT2D eigenvalue weighted by atomic mass is 16.3. The van der Waals surface area contributed by atoms with E-state index in [1.165, 1.54) is 0 Å². The minimum Gasteiger partial charge on any atom is -0.396 e. The molecule has 4 aliphatic rings. The van der Waals surface area contributed by atoms with Crippen LogP contribution in [0.25, 0.3) is 0 Å². The van der Waals surface area contributed by atoms with Gasteiger partial charge in [0.1, 0.15) is 0 Å². The van der Waals surface area contributed by atoms with Crippen LogP contribution in [-0.2, 0) is 4.79 Å². The molecule has 0 amide bonds. The van der Waals surface area contributed by atoms with Crippen LogP contribution in [0, 0.1) is 34.0 Å². The van der Waals surface area contributed by atoms with Crippen molar-refractivity contribution in [2.45, 2.75) is 64.3 Å². The molecule has 0 heterocycles. The van der Waals surface area contributed by atoms with Crippen molar-refractivity contribution >= 4 is 5.78 Å². The third-order valence-corrected chi connectivity index (χ3v) is 8.48. The first-order valence-corrected chi connectivity index (χ1v) is 9.53. The van der Waals surface area contributed by atoms with Gasteiger partial charge in [0.05, 0.1) is 23.7 Å². The number of ketones is 1. The third-order valence-electron chi connectivity index (χ3n) is 8.48. The number of aliphatic hydroxyl groups excluding tert-OH is 4. The molecular weight excluding hydrogens is 320 g/mol. The van der Waals surface area contributed by atoms with Gasteiger partial charge >= 0.3 is 0 Å². The highest BCUT2D eigenvalue weighted by Gasteiger charge is 2.76. The summed E-state index contributed by atoms with van der Waals surface area (Å²) < 4.78 is 0. The van der Waals surface area contributed by atoms with E-state index >= 15 is 0 Å². The zero-order valence-electron chi connectivity index (χ0n) is 15.1. The van der Waals surface area contributed by atoms with Gasteiger partial charge in [-0.1, -0.05) is 26.8 Å². The monoisotopic (exact) mass is 350 g/mol. The van der Waals surface area contributed by atoms with Crippen LogP contribution in [0.5, 0.6) is 0 Å². The molecule has 1 spiro atoms. The predicted molar refractivity (Wildman–Crippen MR) is 91.5 cm³/mol. The lowest BCUT2D eigenvalue weighted by Crippen LogP contribution is -2.69. The Morgan fingerprint density at radius 3 is 2.44 bits per heavy atom. The molecule has 4 N–H and O–H groups in total. The SMILES string of the molecule is C=C1C(=O)[C@@]23[C@H](O)C[C@@H]4C(C)(C)CCC[C@@]4(CO)[C@@H]2C[C@H](O)[C@@H]1[C@H]3O. The molecule has 8 atom stereocenters. The maximum Gasteiger partial charge on any atom is 0.170 e. The van der Waals surface area contributed by atoms with Gasteiger partial charge in [0.25, 0.3) is 0 Å². The molecule has 0 saturated heterocycles. The first-order chi connectivity index (χ1) is 11.6. The Morgan fingerprint density at radius 1 is 1.12 bits per heavy atom. The van der Waals surface area contributed by atoms with E-state index in [9.17, 15) is 25.2 Å². The lowest BCUT2D eigenvalue weighted by molar-refractivity contribution is -0.250. The van der Waals surface area contributed by atoms with E-state index in [2.05, 4.69) is 20.4 Å². The molecule has 5 nitrogen and oxygen atoms in total. The number of carbonyl (C=O) groups excluding carboxylic acids is 1. The summed E-state index contributed by atoms with van der Waals surface area (Å²) in [6.45, 7) is 8.09. The smallest absolute Gasteiger partial charge is 0.170 e. The quantitative estimate of drug-likeness (QED) is 0.530. The molecule has 0 aromatic carbocycles. The average Bonchev–Trinajstić information content (AvgIpc) is 2.67. The zero-order chi connectivity index (χ0) is 18.4. The van der Waals surface area contributed by atoms with Gasteiger partial charge in [0.15, 0.2) is 5.78 Å². The molecule has 0 aliphatic heterocycles. The number of rotatable bonds is 1. The lowest BCUT2D eigenvalue weighted by atomic mass is 9.39. The number of carbonyl (C=O) groups is 1. The van der Waals surface area contributed by atoms with Crippen LogP contribution in [-0.4, -0.2) is 51.1 Å². The van der Waals surface area contributed by atoms with Crippen molar-refractivity contribution in [1.82, 2.24) is 0 Å². The van der Waals surface area contributed by atoms with E-state index in [1.54, 1.807) is 0 Å². The van der Waals surface area contributed by atoms with E-state index in [0.717, 1.165) is 19.3 Å². The van der Waals surface area contributed by atoms with Crippen molar-refractivity contribution in [2.75, 3.05) is 6.61 Å². The Labute approximate surface area is 148 Å². The van der Waals surface area contributed by atoms with Crippen LogP contribution in [0.3, 0.4) is 0 Å². The van der Waals surface area contributed by atoms with Crippen LogP contribution in [0.1, 0.15) is 46.0 Å². The van der Waals surface area contributed by atoms with E-state index in [1.807, 2.05) is 0 Å². The highest BCUT2D eigenvalue weighted by molar-refractivity contribution is 6.04. The molecule has 0 aromatic rings. The fraction of sp³-hybridized carbons (Fsp3) is 0.850. The molecule has 25 heavy (non-hydrogen) atoms. The van der Waals surface area contributed by atoms with Gasteiger partial charge in [-0.05, 0) is 48.5 Å². The summed E-state index contributed by atoms with van der Waals surface area (Å²) in [5.41, 5.74) is -1.68. The van der Waals surface area contributed by atoms with Gasteiger partial charge in [-0.15, -0.1) is 0 Å². The Morgan fingerprint density at radius 2 is 1.80 bits per heavy atom. The van der Waals surface area contributed by atoms with Crippen LogP contribution >= 0.6 is 0 Å². The second-order valence-electron chi connectivity index (χ2n) is 9.65. The van der Waals surface area contributed by atoms with Crippen molar-refractivity contribution < 1.29 is 25.2 Å².